The molecule has 206 valence electrons. The monoisotopic (exact) mass is 531 g/mol. The van der Waals surface area contributed by atoms with Crippen LogP contribution in [0.3, 0.4) is 0 Å². The van der Waals surface area contributed by atoms with Crippen molar-refractivity contribution in [3.8, 4) is 17.0 Å². The first kappa shape index (κ1) is 26.7. The molecule has 1 aliphatic rings. The van der Waals surface area contributed by atoms with Gasteiger partial charge in [0.25, 0.3) is 11.5 Å². The molecule has 1 amide bonds. The number of carbonyl (C=O) groups is 1. The highest BCUT2D eigenvalue weighted by Gasteiger charge is 2.27. The number of rotatable bonds is 8. The maximum absolute atomic E-state index is 13.7. The van der Waals surface area contributed by atoms with E-state index in [1.54, 1.807) is 19.2 Å². The zero-order chi connectivity index (χ0) is 27.7. The van der Waals surface area contributed by atoms with E-state index in [9.17, 15) is 9.59 Å². The number of aryl methyl sites for hydroxylation is 1. The van der Waals surface area contributed by atoms with E-state index in [0.717, 1.165) is 60.8 Å². The van der Waals surface area contributed by atoms with Crippen molar-refractivity contribution in [3.05, 3.63) is 75.1 Å². The summed E-state index contributed by atoms with van der Waals surface area (Å²) in [6.07, 6.45) is 3.80. The van der Waals surface area contributed by atoms with E-state index in [0.29, 0.717) is 22.6 Å². The summed E-state index contributed by atoms with van der Waals surface area (Å²) in [6.45, 7) is 13.3. The lowest BCUT2D eigenvalue weighted by molar-refractivity contribution is 0.0947. The van der Waals surface area contributed by atoms with Gasteiger partial charge in [0.15, 0.2) is 0 Å². The van der Waals surface area contributed by atoms with E-state index in [1.807, 2.05) is 19.1 Å². The van der Waals surface area contributed by atoms with Crippen LogP contribution in [-0.4, -0.2) is 75.1 Å². The van der Waals surface area contributed by atoms with Crippen LogP contribution in [0.4, 0.5) is 0 Å². The average molecular weight is 532 g/mol. The normalized spacial score (nSPS) is 15.5. The van der Waals surface area contributed by atoms with Crippen LogP contribution < -0.4 is 15.6 Å². The predicted molar refractivity (Wildman–Crippen MR) is 151 cm³/mol. The number of aromatic amines is 2. The molecule has 4 aromatic heterocycles. The fourth-order valence-corrected chi connectivity index (χ4v) is 5.69. The highest BCUT2D eigenvalue weighted by molar-refractivity contribution is 5.98. The number of pyridine rings is 2. The van der Waals surface area contributed by atoms with Crippen molar-refractivity contribution in [2.24, 2.45) is 0 Å². The Morgan fingerprint density at radius 1 is 1.18 bits per heavy atom. The summed E-state index contributed by atoms with van der Waals surface area (Å²) in [5.41, 5.74) is 6.19. The van der Waals surface area contributed by atoms with Gasteiger partial charge in [0.1, 0.15) is 5.75 Å². The number of methoxy groups -OCH3 is 1. The summed E-state index contributed by atoms with van der Waals surface area (Å²) in [6, 6.07) is 7.78. The van der Waals surface area contributed by atoms with E-state index in [-0.39, 0.29) is 24.1 Å². The van der Waals surface area contributed by atoms with Crippen LogP contribution in [0.5, 0.6) is 5.75 Å². The molecule has 3 N–H and O–H groups in total. The Morgan fingerprint density at radius 3 is 2.62 bits per heavy atom. The lowest BCUT2D eigenvalue weighted by atomic mass is 9.99. The first-order chi connectivity index (χ1) is 18.8. The highest BCUT2D eigenvalue weighted by atomic mass is 16.5. The summed E-state index contributed by atoms with van der Waals surface area (Å²) < 4.78 is 7.61. The van der Waals surface area contributed by atoms with E-state index >= 15 is 0 Å². The summed E-state index contributed by atoms with van der Waals surface area (Å²) >= 11 is 0. The number of amides is 1. The lowest BCUT2D eigenvalue weighted by Gasteiger charge is -2.38. The maximum atomic E-state index is 13.7. The van der Waals surface area contributed by atoms with Crippen LogP contribution in [0.25, 0.3) is 16.8 Å². The molecule has 5 heterocycles. The highest BCUT2D eigenvalue weighted by Crippen LogP contribution is 2.33. The Labute approximate surface area is 228 Å². The van der Waals surface area contributed by atoms with Crippen molar-refractivity contribution >= 4 is 11.4 Å². The lowest BCUT2D eigenvalue weighted by Crippen LogP contribution is -2.47. The van der Waals surface area contributed by atoms with Crippen molar-refractivity contribution in [2.75, 3.05) is 39.8 Å². The molecule has 0 spiro atoms. The molecule has 5 rings (SSSR count). The molecule has 1 aliphatic heterocycles. The first-order valence-corrected chi connectivity index (χ1v) is 13.5. The van der Waals surface area contributed by atoms with Gasteiger partial charge in [-0.2, -0.15) is 5.10 Å². The Bertz CT molecular complexity index is 1530. The number of fused-ring (bicyclic) bond motifs is 1. The summed E-state index contributed by atoms with van der Waals surface area (Å²) in [5.74, 6) is 0.218. The van der Waals surface area contributed by atoms with Gasteiger partial charge in [-0.25, -0.2) is 0 Å². The average Bonchev–Trinajstić information content (AvgIpc) is 3.61. The Morgan fingerprint density at radius 2 is 1.95 bits per heavy atom. The molecular formula is C29H37N7O3. The molecule has 39 heavy (non-hydrogen) atoms. The number of ether oxygens (including phenoxy) is 1. The van der Waals surface area contributed by atoms with Crippen LogP contribution in [-0.2, 0) is 6.54 Å². The summed E-state index contributed by atoms with van der Waals surface area (Å²) in [4.78, 5) is 34.0. The third kappa shape index (κ3) is 5.09. The number of hydrogen-bond donors (Lipinski definition) is 3. The van der Waals surface area contributed by atoms with Crippen molar-refractivity contribution in [1.29, 1.82) is 0 Å². The fraction of sp³-hybridized carbons (Fsp3) is 0.414. The van der Waals surface area contributed by atoms with Gasteiger partial charge in [-0.1, -0.05) is 6.92 Å². The predicted octanol–water partition coefficient (Wildman–Crippen LogP) is 3.27. The Kier molecular flexibility index (Phi) is 7.58. The molecule has 4 aromatic rings. The molecule has 1 saturated heterocycles. The molecule has 0 radical (unpaired) electrons. The molecular weight excluding hydrogens is 494 g/mol. The summed E-state index contributed by atoms with van der Waals surface area (Å²) in [7, 11) is 1.52. The third-order valence-corrected chi connectivity index (χ3v) is 7.96. The second kappa shape index (κ2) is 11.1. The number of piperazine rings is 1. The second-order valence-corrected chi connectivity index (χ2v) is 10.2. The number of H-pyrrole nitrogens is 2. The van der Waals surface area contributed by atoms with Gasteiger partial charge in [-0.05, 0) is 57.1 Å². The molecule has 10 heteroatoms. The van der Waals surface area contributed by atoms with Crippen LogP contribution in [0, 0.1) is 13.8 Å². The van der Waals surface area contributed by atoms with Crippen LogP contribution >= 0.6 is 0 Å². The largest absolute Gasteiger partial charge is 0.496 e. The number of hydrogen-bond acceptors (Lipinski definition) is 6. The van der Waals surface area contributed by atoms with E-state index in [1.165, 1.54) is 7.11 Å². The number of nitrogens with zero attached hydrogens (tertiary/aromatic N) is 4. The molecule has 10 nitrogen and oxygen atoms in total. The molecule has 1 atom stereocenters. The minimum Gasteiger partial charge on any atom is -0.496 e. The van der Waals surface area contributed by atoms with Gasteiger partial charge in [-0.15, -0.1) is 0 Å². The molecule has 0 saturated carbocycles. The zero-order valence-electron chi connectivity index (χ0n) is 23.3. The number of carbonyl (C=O) groups excluding carboxylic acids is 1. The molecule has 0 aromatic carbocycles. The quantitative estimate of drug-likeness (QED) is 0.322. The minimum absolute atomic E-state index is 0.0561. The van der Waals surface area contributed by atoms with Crippen LogP contribution in [0.1, 0.15) is 52.8 Å². The Hall–Kier alpha value is -3.89. The van der Waals surface area contributed by atoms with Crippen molar-refractivity contribution < 1.29 is 9.53 Å². The third-order valence-electron chi connectivity index (χ3n) is 7.96. The maximum Gasteiger partial charge on any atom is 0.256 e. The standard InChI is InChI=1S/C29H37N7O3/c1-6-34-11-13-35(14-12-34)20(4)27-19(3)22(16-25-21(8-10-36(25)27)24-7-9-31-33-24)28(37)30-17-23-26(39-5)15-18(2)32-29(23)38/h7-10,15-16,20H,6,11-14,17H2,1-5H3,(H,30,37)(H,31,33)(H,32,38). The zero-order valence-corrected chi connectivity index (χ0v) is 23.3. The number of likely N-dealkylation sites (N-methyl/N-ethyl adjacent to an activating group) is 1. The second-order valence-electron chi connectivity index (χ2n) is 10.2. The first-order valence-electron chi connectivity index (χ1n) is 13.5. The summed E-state index contributed by atoms with van der Waals surface area (Å²) in [5, 5.41) is 10.2. The molecule has 1 unspecified atom stereocenters. The van der Waals surface area contributed by atoms with Gasteiger partial charge in [0, 0.05) is 67.1 Å². The van der Waals surface area contributed by atoms with E-state index in [2.05, 4.69) is 60.8 Å². The smallest absolute Gasteiger partial charge is 0.256 e. The van der Waals surface area contributed by atoms with Gasteiger partial charge in [0.05, 0.1) is 30.4 Å². The molecule has 0 bridgehead atoms. The van der Waals surface area contributed by atoms with Gasteiger partial charge >= 0.3 is 0 Å². The molecule has 0 aliphatic carbocycles. The molecule has 1 fully saturated rings. The van der Waals surface area contributed by atoms with Crippen LogP contribution in [0.2, 0.25) is 0 Å². The SMILES string of the molecule is CCN1CCN(C(C)c2c(C)c(C(=O)NCc3c(OC)cc(C)[nH]c3=O)cc3c(-c4ccn[nH]4)ccn23)CC1. The Balaban J connectivity index is 1.54. The van der Waals surface area contributed by atoms with E-state index < -0.39 is 0 Å². The van der Waals surface area contributed by atoms with Gasteiger partial charge in [-0.3, -0.25) is 19.6 Å². The van der Waals surface area contributed by atoms with Crippen LogP contribution in [0.15, 0.2) is 41.5 Å². The van der Waals surface area contributed by atoms with Crippen molar-refractivity contribution in [2.45, 2.75) is 40.3 Å². The van der Waals surface area contributed by atoms with E-state index in [4.69, 9.17) is 4.74 Å². The fourth-order valence-electron chi connectivity index (χ4n) is 5.69. The van der Waals surface area contributed by atoms with Gasteiger partial charge < -0.3 is 24.3 Å². The number of aromatic nitrogens is 4. The van der Waals surface area contributed by atoms with Crippen molar-refractivity contribution in [1.82, 2.24) is 34.7 Å². The topological polar surface area (TPSA) is 111 Å². The number of nitrogens with one attached hydrogen (secondary N) is 3. The van der Waals surface area contributed by atoms with Gasteiger partial charge in [0.2, 0.25) is 0 Å². The van der Waals surface area contributed by atoms with Crippen molar-refractivity contribution in [3.63, 3.8) is 0 Å². The minimum atomic E-state index is -0.270.